The first-order valence-electron chi connectivity index (χ1n) is 3.81. The number of pyridine rings is 1. The molecule has 0 amide bonds. The third-order valence-electron chi connectivity index (χ3n) is 2.06. The summed E-state index contributed by atoms with van der Waals surface area (Å²) in [6.07, 6.45) is 2.87. The zero-order valence-electron chi connectivity index (χ0n) is 6.35. The van der Waals surface area contributed by atoms with Gasteiger partial charge in [-0.1, -0.05) is 0 Å². The summed E-state index contributed by atoms with van der Waals surface area (Å²) in [7, 11) is 0. The second kappa shape index (κ2) is 2.79. The van der Waals surface area contributed by atoms with Gasteiger partial charge < -0.3 is 5.32 Å². The lowest BCUT2D eigenvalue weighted by Gasteiger charge is -2.28. The minimum absolute atomic E-state index is 0.122. The first-order valence-corrected chi connectivity index (χ1v) is 3.81. The van der Waals surface area contributed by atoms with E-state index in [2.05, 4.69) is 10.3 Å². The van der Waals surface area contributed by atoms with Gasteiger partial charge in [0.2, 0.25) is 0 Å². The van der Waals surface area contributed by atoms with Crippen LogP contribution in [0.5, 0.6) is 0 Å². The van der Waals surface area contributed by atoms with E-state index in [0.717, 1.165) is 25.4 Å². The van der Waals surface area contributed by atoms with Crippen LogP contribution in [0.3, 0.4) is 0 Å². The molecule has 1 N–H and O–H groups in total. The molecule has 1 saturated heterocycles. The molecule has 1 aromatic rings. The Morgan fingerprint density at radius 2 is 1.92 bits per heavy atom. The molecule has 0 bridgehead atoms. The van der Waals surface area contributed by atoms with Gasteiger partial charge in [-0.25, -0.2) is 8.78 Å². The van der Waals surface area contributed by atoms with E-state index < -0.39 is 11.6 Å². The fourth-order valence-corrected chi connectivity index (χ4v) is 1.29. The number of hydrogen-bond acceptors (Lipinski definition) is 2. The minimum atomic E-state index is -0.563. The van der Waals surface area contributed by atoms with Gasteiger partial charge >= 0.3 is 0 Å². The van der Waals surface area contributed by atoms with Crippen molar-refractivity contribution in [3.05, 3.63) is 29.6 Å². The maximum atomic E-state index is 13.0. The van der Waals surface area contributed by atoms with Crippen molar-refractivity contribution in [3.8, 4) is 0 Å². The Kier molecular flexibility index (Phi) is 1.77. The van der Waals surface area contributed by atoms with Crippen molar-refractivity contribution < 1.29 is 8.78 Å². The van der Waals surface area contributed by atoms with Gasteiger partial charge in [-0.05, 0) is 13.0 Å². The number of aromatic nitrogens is 1. The highest BCUT2D eigenvalue weighted by atomic mass is 19.1. The molecule has 2 heterocycles. The van der Waals surface area contributed by atoms with E-state index in [0.29, 0.717) is 0 Å². The summed E-state index contributed by atoms with van der Waals surface area (Å²) in [5.74, 6) is -1.13. The van der Waals surface area contributed by atoms with E-state index in [1.165, 1.54) is 0 Å². The van der Waals surface area contributed by atoms with Crippen LogP contribution < -0.4 is 5.32 Å². The van der Waals surface area contributed by atoms with Gasteiger partial charge in [0, 0.05) is 11.6 Å². The molecule has 1 fully saturated rings. The van der Waals surface area contributed by atoms with Gasteiger partial charge in [0.05, 0.1) is 12.4 Å². The Labute approximate surface area is 68.6 Å². The molecule has 1 aliphatic heterocycles. The van der Waals surface area contributed by atoms with Crippen LogP contribution >= 0.6 is 0 Å². The normalized spacial score (nSPS) is 22.0. The van der Waals surface area contributed by atoms with Crippen LogP contribution in [0.1, 0.15) is 18.0 Å². The molecule has 1 aromatic heterocycles. The summed E-state index contributed by atoms with van der Waals surface area (Å²) < 4.78 is 26.0. The maximum Gasteiger partial charge on any atom is 0.149 e. The number of hydrogen-bond donors (Lipinski definition) is 1. The summed E-state index contributed by atoms with van der Waals surface area (Å²) in [4.78, 5) is 3.41. The van der Waals surface area contributed by atoms with Crippen molar-refractivity contribution in [2.45, 2.75) is 12.5 Å². The lowest BCUT2D eigenvalue weighted by Crippen LogP contribution is -2.36. The SMILES string of the molecule is Fc1cncc(F)c1[C@H]1CCN1. The Balaban J connectivity index is 2.39. The Bertz CT molecular complexity index is 277. The third-order valence-corrected chi connectivity index (χ3v) is 2.06. The first kappa shape index (κ1) is 7.61. The molecular weight excluding hydrogens is 162 g/mol. The molecule has 12 heavy (non-hydrogen) atoms. The molecule has 2 nitrogen and oxygen atoms in total. The van der Waals surface area contributed by atoms with Gasteiger partial charge in [0.25, 0.3) is 0 Å². The lowest BCUT2D eigenvalue weighted by molar-refractivity contribution is 0.354. The average molecular weight is 170 g/mol. The molecule has 2 rings (SSSR count). The number of nitrogens with zero attached hydrogens (tertiary/aromatic N) is 1. The predicted octanol–water partition coefficient (Wildman–Crippen LogP) is 1.39. The van der Waals surface area contributed by atoms with Crippen LogP contribution in [0.2, 0.25) is 0 Å². The smallest absolute Gasteiger partial charge is 0.149 e. The maximum absolute atomic E-state index is 13.0. The Hall–Kier alpha value is -1.03. The molecule has 0 radical (unpaired) electrons. The number of halogens is 2. The number of nitrogens with one attached hydrogen (secondary N) is 1. The molecule has 0 aliphatic carbocycles. The third kappa shape index (κ3) is 1.08. The monoisotopic (exact) mass is 170 g/mol. The molecule has 0 saturated carbocycles. The van der Waals surface area contributed by atoms with E-state index in [-0.39, 0.29) is 11.6 Å². The van der Waals surface area contributed by atoms with Crippen LogP contribution in [-0.4, -0.2) is 11.5 Å². The van der Waals surface area contributed by atoms with Crippen LogP contribution in [0.4, 0.5) is 8.78 Å². The van der Waals surface area contributed by atoms with Gasteiger partial charge in [0.15, 0.2) is 0 Å². The van der Waals surface area contributed by atoms with Gasteiger partial charge in [-0.15, -0.1) is 0 Å². The van der Waals surface area contributed by atoms with E-state index in [9.17, 15) is 8.78 Å². The van der Waals surface area contributed by atoms with E-state index >= 15 is 0 Å². The molecule has 0 spiro atoms. The van der Waals surface area contributed by atoms with E-state index in [4.69, 9.17) is 0 Å². The summed E-state index contributed by atoms with van der Waals surface area (Å²) >= 11 is 0. The van der Waals surface area contributed by atoms with Gasteiger partial charge in [0.1, 0.15) is 11.6 Å². The van der Waals surface area contributed by atoms with Crippen molar-refractivity contribution in [3.63, 3.8) is 0 Å². The zero-order chi connectivity index (χ0) is 8.55. The Morgan fingerprint density at radius 3 is 2.33 bits per heavy atom. The van der Waals surface area contributed by atoms with E-state index in [1.807, 2.05) is 0 Å². The van der Waals surface area contributed by atoms with Crippen LogP contribution in [-0.2, 0) is 0 Å². The molecule has 4 heteroatoms. The first-order chi connectivity index (χ1) is 5.79. The standard InChI is InChI=1S/C8H8F2N2/c9-5-3-11-4-6(10)8(5)7-1-2-12-7/h3-4,7,12H,1-2H2/t7-/m1/s1. The molecule has 1 aliphatic rings. The number of rotatable bonds is 1. The van der Waals surface area contributed by atoms with Gasteiger partial charge in [-0.2, -0.15) is 0 Å². The van der Waals surface area contributed by atoms with Gasteiger partial charge in [-0.3, -0.25) is 4.98 Å². The molecule has 64 valence electrons. The molecule has 1 atom stereocenters. The lowest BCUT2D eigenvalue weighted by atomic mass is 9.98. The topological polar surface area (TPSA) is 24.9 Å². The quantitative estimate of drug-likeness (QED) is 0.689. The fraction of sp³-hybridized carbons (Fsp3) is 0.375. The van der Waals surface area contributed by atoms with Crippen molar-refractivity contribution in [1.29, 1.82) is 0 Å². The zero-order valence-corrected chi connectivity index (χ0v) is 6.35. The second-order valence-electron chi connectivity index (χ2n) is 2.81. The summed E-state index contributed by atoms with van der Waals surface area (Å²) in [5.41, 5.74) is 0.122. The minimum Gasteiger partial charge on any atom is -0.310 e. The van der Waals surface area contributed by atoms with Crippen molar-refractivity contribution in [2.24, 2.45) is 0 Å². The summed E-state index contributed by atoms with van der Waals surface area (Å²) in [5, 5.41) is 2.94. The summed E-state index contributed by atoms with van der Waals surface area (Å²) in [6.45, 7) is 0.825. The molecule has 0 unspecified atom stereocenters. The summed E-state index contributed by atoms with van der Waals surface area (Å²) in [6, 6.07) is -0.159. The van der Waals surface area contributed by atoms with Crippen molar-refractivity contribution in [2.75, 3.05) is 6.54 Å². The fourth-order valence-electron chi connectivity index (χ4n) is 1.29. The van der Waals surface area contributed by atoms with Crippen molar-refractivity contribution >= 4 is 0 Å². The van der Waals surface area contributed by atoms with Crippen LogP contribution in [0.25, 0.3) is 0 Å². The average Bonchev–Trinajstić information content (AvgIpc) is 1.93. The largest absolute Gasteiger partial charge is 0.310 e. The van der Waals surface area contributed by atoms with Crippen molar-refractivity contribution in [1.82, 2.24) is 10.3 Å². The molecular formula is C8H8F2N2. The van der Waals surface area contributed by atoms with E-state index in [1.54, 1.807) is 0 Å². The van der Waals surface area contributed by atoms with Crippen LogP contribution in [0.15, 0.2) is 12.4 Å². The van der Waals surface area contributed by atoms with Crippen LogP contribution in [0, 0.1) is 11.6 Å². The Morgan fingerprint density at radius 1 is 1.33 bits per heavy atom. The highest BCUT2D eigenvalue weighted by molar-refractivity contribution is 5.21. The highest BCUT2D eigenvalue weighted by Gasteiger charge is 2.25. The highest BCUT2D eigenvalue weighted by Crippen LogP contribution is 2.26. The molecule has 0 aromatic carbocycles. The second-order valence-corrected chi connectivity index (χ2v) is 2.81. The predicted molar refractivity (Wildman–Crippen MR) is 39.5 cm³/mol.